The maximum atomic E-state index is 14.7. The molecule has 1 fully saturated rings. The molecule has 4 aliphatic carbocycles. The third-order valence-corrected chi connectivity index (χ3v) is 12.3. The fourth-order valence-electron chi connectivity index (χ4n) is 9.47. The lowest BCUT2D eigenvalue weighted by atomic mass is 9.54. The van der Waals surface area contributed by atoms with Gasteiger partial charge in [0.15, 0.2) is 17.2 Å². The first-order valence-corrected chi connectivity index (χ1v) is 17.0. The van der Waals surface area contributed by atoms with Crippen molar-refractivity contribution in [2.45, 2.75) is 57.1 Å². The Hall–Kier alpha value is -4.30. The zero-order valence-corrected chi connectivity index (χ0v) is 29.0. The second-order valence-corrected chi connectivity index (χ2v) is 15.1. The van der Waals surface area contributed by atoms with Gasteiger partial charge in [-0.25, -0.2) is 0 Å². The third kappa shape index (κ3) is 4.26. The molecule has 266 valence electrons. The van der Waals surface area contributed by atoms with Gasteiger partial charge < -0.3 is 41.2 Å². The molecular formula is C37H44N4O9. The van der Waals surface area contributed by atoms with Gasteiger partial charge in [0.1, 0.15) is 35.2 Å². The second-order valence-electron chi connectivity index (χ2n) is 15.1. The molecule has 0 saturated carbocycles. The van der Waals surface area contributed by atoms with E-state index in [2.05, 4.69) is 36.8 Å². The van der Waals surface area contributed by atoms with Crippen LogP contribution in [0.2, 0.25) is 0 Å². The van der Waals surface area contributed by atoms with Crippen molar-refractivity contribution in [1.29, 1.82) is 0 Å². The smallest absolute Gasteiger partial charge is 0.255 e. The van der Waals surface area contributed by atoms with Crippen LogP contribution in [0.25, 0.3) is 10.8 Å². The molecule has 1 saturated heterocycles. The number of ether oxygens (including phenoxy) is 2. The van der Waals surface area contributed by atoms with Gasteiger partial charge in [0, 0.05) is 60.7 Å². The lowest BCUT2D eigenvalue weighted by Crippen LogP contribution is -2.66. The summed E-state index contributed by atoms with van der Waals surface area (Å²) in [6.45, 7) is 10.7. The lowest BCUT2D eigenvalue weighted by Gasteiger charge is -2.49. The number of piperazine rings is 1. The van der Waals surface area contributed by atoms with E-state index >= 15 is 0 Å². The fourth-order valence-corrected chi connectivity index (χ4v) is 9.47. The summed E-state index contributed by atoms with van der Waals surface area (Å²) in [6.07, 6.45) is 4.02. The first-order chi connectivity index (χ1) is 23.5. The predicted molar refractivity (Wildman–Crippen MR) is 183 cm³/mol. The molecule has 13 nitrogen and oxygen atoms in total. The highest BCUT2D eigenvalue weighted by molar-refractivity contribution is 6.31. The van der Waals surface area contributed by atoms with Crippen LogP contribution in [0.5, 0.6) is 17.2 Å². The number of allylic oxidation sites excluding steroid dienone is 2. The largest absolute Gasteiger partial charge is 0.508 e. The molecule has 0 aromatic heterocycles. The molecule has 0 bridgehead atoms. The van der Waals surface area contributed by atoms with Crippen LogP contribution in [0.4, 0.5) is 0 Å². The zero-order valence-electron chi connectivity index (χ0n) is 29.0. The topological polar surface area (TPSA) is 206 Å². The molecule has 4 atom stereocenters. The van der Waals surface area contributed by atoms with Crippen LogP contribution in [-0.2, 0) is 21.4 Å². The van der Waals surface area contributed by atoms with Crippen LogP contribution in [0.15, 0.2) is 29.0 Å². The maximum absolute atomic E-state index is 14.7. The van der Waals surface area contributed by atoms with Crippen molar-refractivity contribution in [2.24, 2.45) is 22.8 Å². The summed E-state index contributed by atoms with van der Waals surface area (Å²) in [6, 6.07) is -0.179. The zero-order chi connectivity index (χ0) is 36.2. The van der Waals surface area contributed by atoms with Crippen LogP contribution in [0, 0.1) is 11.3 Å². The molecule has 0 radical (unpaired) electrons. The quantitative estimate of drug-likeness (QED) is 0.217. The van der Waals surface area contributed by atoms with E-state index in [0.29, 0.717) is 23.2 Å². The SMILES string of the molecule is COc1cc(OCCN2CCN(C)CC2)c2c(O)c3c(c4c2c1[C@]1(C4)C(C)=CCCC1(C)C)C(=O)[C@H]1[C@H](N)C(=O)C(C(N)=O)=C(O)[C@@]1(O)C3=O. The monoisotopic (exact) mass is 688 g/mol. The van der Waals surface area contributed by atoms with Gasteiger partial charge >= 0.3 is 0 Å². The van der Waals surface area contributed by atoms with Crippen molar-refractivity contribution in [2.75, 3.05) is 53.5 Å². The number of Topliss-reactive ketones (excluding diaryl/α,β-unsaturated/α-hetero) is 3. The van der Waals surface area contributed by atoms with E-state index in [9.17, 15) is 34.5 Å². The summed E-state index contributed by atoms with van der Waals surface area (Å²) in [4.78, 5) is 59.3. The predicted octanol–water partition coefficient (Wildman–Crippen LogP) is 1.67. The number of ketones is 3. The highest BCUT2D eigenvalue weighted by atomic mass is 16.5. The summed E-state index contributed by atoms with van der Waals surface area (Å²) < 4.78 is 12.5. The van der Waals surface area contributed by atoms with Gasteiger partial charge in [-0.1, -0.05) is 25.5 Å². The lowest BCUT2D eigenvalue weighted by molar-refractivity contribution is -0.126. The first-order valence-electron chi connectivity index (χ1n) is 17.0. The molecule has 2 aromatic carbocycles. The Morgan fingerprint density at radius 2 is 1.72 bits per heavy atom. The number of benzene rings is 2. The molecule has 1 amide bonds. The Labute approximate surface area is 289 Å². The number of nitrogens with zero attached hydrogens (tertiary/aromatic N) is 2. The average molecular weight is 689 g/mol. The Bertz CT molecular complexity index is 1970. The molecule has 7 rings (SSSR count). The molecule has 1 heterocycles. The van der Waals surface area contributed by atoms with Gasteiger partial charge in [-0.2, -0.15) is 0 Å². The van der Waals surface area contributed by atoms with Crippen molar-refractivity contribution >= 4 is 34.0 Å². The van der Waals surface area contributed by atoms with Gasteiger partial charge in [-0.05, 0) is 44.2 Å². The van der Waals surface area contributed by atoms with Crippen LogP contribution in [-0.4, -0.2) is 114 Å². The number of carbonyl (C=O) groups excluding carboxylic acids is 4. The number of rotatable bonds is 6. The number of hydrogen-bond acceptors (Lipinski definition) is 12. The Morgan fingerprint density at radius 3 is 2.34 bits per heavy atom. The van der Waals surface area contributed by atoms with E-state index in [0.717, 1.165) is 50.2 Å². The van der Waals surface area contributed by atoms with Crippen molar-refractivity contribution in [3.63, 3.8) is 0 Å². The van der Waals surface area contributed by atoms with Gasteiger partial charge in [0.2, 0.25) is 5.78 Å². The van der Waals surface area contributed by atoms with E-state index in [1.54, 1.807) is 13.2 Å². The van der Waals surface area contributed by atoms with Crippen molar-refractivity contribution in [3.8, 4) is 17.2 Å². The van der Waals surface area contributed by atoms with Crippen LogP contribution < -0.4 is 20.9 Å². The third-order valence-electron chi connectivity index (χ3n) is 12.3. The van der Waals surface area contributed by atoms with Gasteiger partial charge in [0.25, 0.3) is 5.91 Å². The number of aliphatic hydroxyl groups is 2. The van der Waals surface area contributed by atoms with E-state index < -0.39 is 74.3 Å². The molecule has 13 heteroatoms. The molecule has 1 spiro atoms. The summed E-state index contributed by atoms with van der Waals surface area (Å²) in [5.41, 5.74) is 7.74. The number of carbonyl (C=O) groups is 4. The second kappa shape index (κ2) is 11.4. The molecule has 2 aromatic rings. The number of hydrogen-bond donors (Lipinski definition) is 5. The van der Waals surface area contributed by atoms with Gasteiger partial charge in [-0.15, -0.1) is 0 Å². The van der Waals surface area contributed by atoms with E-state index in [-0.39, 0.29) is 29.7 Å². The van der Waals surface area contributed by atoms with E-state index in [4.69, 9.17) is 20.9 Å². The molecular weight excluding hydrogens is 644 g/mol. The van der Waals surface area contributed by atoms with E-state index in [1.165, 1.54) is 0 Å². The van der Waals surface area contributed by atoms with Gasteiger partial charge in [0.05, 0.1) is 30.0 Å². The first kappa shape index (κ1) is 34.2. The summed E-state index contributed by atoms with van der Waals surface area (Å²) in [7, 11) is 3.62. The molecule has 5 aliphatic rings. The van der Waals surface area contributed by atoms with Crippen LogP contribution >= 0.6 is 0 Å². The van der Waals surface area contributed by atoms with Crippen molar-refractivity contribution in [3.05, 3.63) is 51.3 Å². The summed E-state index contributed by atoms with van der Waals surface area (Å²) in [5, 5.41) is 36.0. The van der Waals surface area contributed by atoms with Crippen molar-refractivity contribution < 1.29 is 44.0 Å². The number of nitrogens with two attached hydrogens (primary N) is 2. The standard InChI is InChI=1S/C37H44N4O9/c1-17-7-6-8-35(2,3)36(17)16-18-21-23(19(15-20(49-5)26(21)36)50-14-13-41-11-9-40(4)10-12-41)29(42)24-22(18)30(43)27-28(38)31(44)25(34(39)47)33(46)37(27,48)32(24)45/h7,15,27-28,42,46,48H,6,8-14,16,38H2,1-5H3,(H2,39,47)/t27-,28+,36+,37+/m1/s1. The number of amides is 1. The molecule has 50 heavy (non-hydrogen) atoms. The Balaban J connectivity index is 1.51. The number of aromatic hydroxyl groups is 1. The number of primary amides is 1. The van der Waals surface area contributed by atoms with Crippen LogP contribution in [0.1, 0.15) is 65.5 Å². The molecule has 7 N–H and O–H groups in total. The number of fused-ring (bicyclic) bond motifs is 4. The molecule has 1 aliphatic heterocycles. The number of phenolic OH excluding ortho intramolecular Hbond substituents is 1. The maximum Gasteiger partial charge on any atom is 0.255 e. The molecule has 0 unspecified atom stereocenters. The number of aliphatic hydroxyl groups excluding tert-OH is 1. The Morgan fingerprint density at radius 1 is 1.04 bits per heavy atom. The minimum Gasteiger partial charge on any atom is -0.508 e. The van der Waals surface area contributed by atoms with Gasteiger partial charge in [-0.3, -0.25) is 24.1 Å². The number of likely N-dealkylation sites (N-methyl/N-ethyl adjacent to an activating group) is 1. The Kier molecular flexibility index (Phi) is 7.76. The van der Waals surface area contributed by atoms with Crippen LogP contribution in [0.3, 0.4) is 0 Å². The van der Waals surface area contributed by atoms with Crippen molar-refractivity contribution in [1.82, 2.24) is 9.80 Å². The fraction of sp³-hybridized carbons (Fsp3) is 0.514. The highest BCUT2D eigenvalue weighted by Crippen LogP contribution is 2.65. The normalized spacial score (nSPS) is 29.3. The number of methoxy groups -OCH3 is 1. The average Bonchev–Trinajstić information content (AvgIpc) is 3.42. The summed E-state index contributed by atoms with van der Waals surface area (Å²) in [5.74, 6) is -8.03. The summed E-state index contributed by atoms with van der Waals surface area (Å²) >= 11 is 0. The van der Waals surface area contributed by atoms with E-state index in [1.807, 2.05) is 6.92 Å². The highest BCUT2D eigenvalue weighted by Gasteiger charge is 2.66. The number of phenols is 1. The minimum absolute atomic E-state index is 0.164. The minimum atomic E-state index is -3.13.